The Bertz CT molecular complexity index is 933. The molecular formula is C20H19ClN4O2. The van der Waals surface area contributed by atoms with Gasteiger partial charge in [0.05, 0.1) is 12.4 Å². The third-order valence-corrected chi connectivity index (χ3v) is 5.81. The summed E-state index contributed by atoms with van der Waals surface area (Å²) >= 11 is 6.00. The lowest BCUT2D eigenvalue weighted by Gasteiger charge is -2.70. The fourth-order valence-corrected chi connectivity index (χ4v) is 4.53. The Balaban J connectivity index is 1.26. The number of benzene rings is 1. The number of aryl methyl sites for hydroxylation is 1. The zero-order valence-corrected chi connectivity index (χ0v) is 15.7. The number of aromatic nitrogens is 2. The van der Waals surface area contributed by atoms with Crippen LogP contribution in [0.5, 0.6) is 5.75 Å². The molecule has 0 aliphatic heterocycles. The van der Waals surface area contributed by atoms with Gasteiger partial charge in [-0.2, -0.15) is 5.26 Å². The second-order valence-corrected chi connectivity index (χ2v) is 8.16. The number of Topliss-reactive ketones (excluding diaryl/α,β-unsaturated/α-hetero) is 1. The number of hydrogen-bond donors (Lipinski definition) is 1. The first-order valence-electron chi connectivity index (χ1n) is 8.82. The van der Waals surface area contributed by atoms with Crippen LogP contribution in [0.4, 0.5) is 5.82 Å². The van der Waals surface area contributed by atoms with Gasteiger partial charge >= 0.3 is 0 Å². The van der Waals surface area contributed by atoms with E-state index in [2.05, 4.69) is 15.3 Å². The number of carbonyl (C=O) groups is 1. The Morgan fingerprint density at radius 1 is 1.37 bits per heavy atom. The van der Waals surface area contributed by atoms with Crippen molar-refractivity contribution in [2.45, 2.75) is 38.1 Å². The number of anilines is 1. The summed E-state index contributed by atoms with van der Waals surface area (Å²) in [5.41, 5.74) is 1.31. The minimum atomic E-state index is -0.00279. The summed E-state index contributed by atoms with van der Waals surface area (Å²) < 4.78 is 5.61. The third-order valence-electron chi connectivity index (χ3n) is 5.38. The second-order valence-electron chi connectivity index (χ2n) is 7.75. The maximum Gasteiger partial charge on any atom is 0.170 e. The van der Waals surface area contributed by atoms with E-state index in [0.717, 1.165) is 24.8 Å². The lowest BCUT2D eigenvalue weighted by Crippen LogP contribution is -2.71. The molecule has 0 unspecified atom stereocenters. The number of halogens is 1. The van der Waals surface area contributed by atoms with Gasteiger partial charge in [0.15, 0.2) is 11.5 Å². The summed E-state index contributed by atoms with van der Waals surface area (Å²) in [6.07, 6.45) is 6.40. The lowest BCUT2D eigenvalue weighted by atomic mass is 9.38. The van der Waals surface area contributed by atoms with E-state index in [9.17, 15) is 4.79 Å². The summed E-state index contributed by atoms with van der Waals surface area (Å²) in [5.74, 6) is 1.40. The fourth-order valence-electron chi connectivity index (χ4n) is 4.41. The molecule has 138 valence electrons. The summed E-state index contributed by atoms with van der Waals surface area (Å²) in [5, 5.41) is 13.0. The second kappa shape index (κ2) is 6.50. The van der Waals surface area contributed by atoms with E-state index in [1.165, 1.54) is 6.20 Å². The van der Waals surface area contributed by atoms with E-state index in [4.69, 9.17) is 21.6 Å². The zero-order chi connectivity index (χ0) is 19.1. The molecule has 3 saturated carbocycles. The maximum atomic E-state index is 12.3. The lowest BCUT2D eigenvalue weighted by molar-refractivity contribution is -0.147. The Kier molecular flexibility index (Phi) is 4.27. The van der Waals surface area contributed by atoms with Gasteiger partial charge in [-0.1, -0.05) is 11.6 Å². The van der Waals surface area contributed by atoms with Crippen LogP contribution in [0.1, 0.15) is 36.9 Å². The molecule has 7 heteroatoms. The van der Waals surface area contributed by atoms with Crippen LogP contribution < -0.4 is 10.1 Å². The number of ether oxygens (including phenoxy) is 1. The quantitative estimate of drug-likeness (QED) is 0.785. The molecule has 27 heavy (non-hydrogen) atoms. The van der Waals surface area contributed by atoms with Gasteiger partial charge < -0.3 is 10.1 Å². The number of nitriles is 1. The highest BCUT2D eigenvalue weighted by Gasteiger charge is 2.68. The summed E-state index contributed by atoms with van der Waals surface area (Å²) in [7, 11) is 0. The predicted octanol–water partition coefficient (Wildman–Crippen LogP) is 3.68. The van der Waals surface area contributed by atoms with Gasteiger partial charge in [-0.05, 0) is 55.4 Å². The average Bonchev–Trinajstić information content (AvgIpc) is 2.60. The first kappa shape index (κ1) is 17.7. The van der Waals surface area contributed by atoms with Crippen molar-refractivity contribution in [3.8, 4) is 11.8 Å². The van der Waals surface area contributed by atoms with Crippen molar-refractivity contribution in [1.29, 1.82) is 5.26 Å². The highest BCUT2D eigenvalue weighted by Crippen LogP contribution is 2.69. The SMILES string of the molecule is Cc1cc(OCC(=O)CC23CC(Nc4cncc(C#N)n4)(C2)C3)ccc1Cl. The van der Waals surface area contributed by atoms with Gasteiger partial charge in [-0.15, -0.1) is 0 Å². The number of nitrogens with one attached hydrogen (secondary N) is 1. The predicted molar refractivity (Wildman–Crippen MR) is 101 cm³/mol. The van der Waals surface area contributed by atoms with Gasteiger partial charge in [-0.3, -0.25) is 9.78 Å². The molecule has 3 aliphatic rings. The maximum absolute atomic E-state index is 12.3. The minimum absolute atomic E-state index is 0.00279. The van der Waals surface area contributed by atoms with E-state index in [-0.39, 0.29) is 23.3 Å². The molecule has 1 N–H and O–H groups in total. The van der Waals surface area contributed by atoms with Crippen LogP contribution in [0.15, 0.2) is 30.6 Å². The first-order chi connectivity index (χ1) is 12.9. The molecule has 0 amide bonds. The van der Waals surface area contributed by atoms with Crippen molar-refractivity contribution in [1.82, 2.24) is 9.97 Å². The van der Waals surface area contributed by atoms with Gasteiger partial charge in [0.25, 0.3) is 0 Å². The monoisotopic (exact) mass is 382 g/mol. The van der Waals surface area contributed by atoms with E-state index in [1.54, 1.807) is 18.3 Å². The molecule has 6 nitrogen and oxygen atoms in total. The molecule has 3 aliphatic carbocycles. The molecule has 0 atom stereocenters. The number of rotatable bonds is 7. The van der Waals surface area contributed by atoms with Crippen molar-refractivity contribution in [2.75, 3.05) is 11.9 Å². The third kappa shape index (κ3) is 3.47. The molecule has 2 bridgehead atoms. The van der Waals surface area contributed by atoms with Crippen LogP contribution in [0, 0.1) is 23.7 Å². The molecule has 5 rings (SSSR count). The largest absolute Gasteiger partial charge is 0.486 e. The molecule has 0 radical (unpaired) electrons. The van der Waals surface area contributed by atoms with Crippen LogP contribution in [-0.2, 0) is 4.79 Å². The normalized spacial score (nSPS) is 24.9. The molecule has 1 heterocycles. The van der Waals surface area contributed by atoms with Crippen molar-refractivity contribution in [3.63, 3.8) is 0 Å². The van der Waals surface area contributed by atoms with Crippen LogP contribution in [0.25, 0.3) is 0 Å². The van der Waals surface area contributed by atoms with Crippen LogP contribution in [0.2, 0.25) is 5.02 Å². The number of carbonyl (C=O) groups excluding carboxylic acids is 1. The van der Waals surface area contributed by atoms with Crippen LogP contribution in [0.3, 0.4) is 0 Å². The fraction of sp³-hybridized carbons (Fsp3) is 0.400. The van der Waals surface area contributed by atoms with E-state index < -0.39 is 0 Å². The van der Waals surface area contributed by atoms with Gasteiger partial charge in [0.2, 0.25) is 0 Å². The Morgan fingerprint density at radius 2 is 2.15 bits per heavy atom. The molecule has 3 fully saturated rings. The smallest absolute Gasteiger partial charge is 0.170 e. The Morgan fingerprint density at radius 3 is 2.85 bits per heavy atom. The average molecular weight is 383 g/mol. The van der Waals surface area contributed by atoms with Crippen molar-refractivity contribution in [3.05, 3.63) is 46.9 Å². The molecular weight excluding hydrogens is 364 g/mol. The van der Waals surface area contributed by atoms with E-state index >= 15 is 0 Å². The number of nitrogens with zero attached hydrogens (tertiary/aromatic N) is 3. The molecule has 2 aromatic rings. The number of hydrogen-bond acceptors (Lipinski definition) is 6. The van der Waals surface area contributed by atoms with Crippen LogP contribution in [-0.4, -0.2) is 27.9 Å². The standard InChI is InChI=1S/C20H19ClN4O2/c1-13-4-16(2-3-17(13)21)27-9-15(26)5-19-10-20(11-19,12-19)25-18-8-23-7-14(6-22)24-18/h2-4,7-8H,5,9-12H2,1H3,(H,24,25). The highest BCUT2D eigenvalue weighted by atomic mass is 35.5. The van der Waals surface area contributed by atoms with Crippen molar-refractivity contribution < 1.29 is 9.53 Å². The minimum Gasteiger partial charge on any atom is -0.486 e. The topological polar surface area (TPSA) is 87.9 Å². The van der Waals surface area contributed by atoms with Gasteiger partial charge in [0.1, 0.15) is 24.2 Å². The highest BCUT2D eigenvalue weighted by molar-refractivity contribution is 6.31. The molecule has 0 spiro atoms. The summed E-state index contributed by atoms with van der Waals surface area (Å²) in [4.78, 5) is 20.5. The number of ketones is 1. The van der Waals surface area contributed by atoms with Gasteiger partial charge in [0, 0.05) is 17.0 Å². The van der Waals surface area contributed by atoms with Crippen molar-refractivity contribution >= 4 is 23.2 Å². The summed E-state index contributed by atoms with van der Waals surface area (Å²) in [6, 6.07) is 7.38. The molecule has 1 aromatic heterocycles. The molecule has 1 aromatic carbocycles. The van der Waals surface area contributed by atoms with E-state index in [0.29, 0.717) is 28.7 Å². The molecule has 0 saturated heterocycles. The Labute approximate surface area is 162 Å². The summed E-state index contributed by atoms with van der Waals surface area (Å²) in [6.45, 7) is 1.99. The zero-order valence-electron chi connectivity index (χ0n) is 15.0. The Hall–Kier alpha value is -2.65. The first-order valence-corrected chi connectivity index (χ1v) is 9.20. The van der Waals surface area contributed by atoms with E-state index in [1.807, 2.05) is 19.1 Å². The van der Waals surface area contributed by atoms with Crippen molar-refractivity contribution in [2.24, 2.45) is 5.41 Å². The van der Waals surface area contributed by atoms with Gasteiger partial charge in [-0.25, -0.2) is 4.98 Å². The van der Waals surface area contributed by atoms with Crippen LogP contribution >= 0.6 is 11.6 Å².